The number of carbonyl (C=O) groups excluding carboxylic acids is 1. The van der Waals surface area contributed by atoms with Crippen molar-refractivity contribution in [3.05, 3.63) is 40.4 Å². The van der Waals surface area contributed by atoms with Gasteiger partial charge in [0.2, 0.25) is 5.91 Å². The first-order valence-electron chi connectivity index (χ1n) is 11.6. The van der Waals surface area contributed by atoms with E-state index in [9.17, 15) is 9.59 Å². The molecule has 0 aliphatic heterocycles. The zero-order chi connectivity index (χ0) is 21.8. The number of unbranched alkanes of at least 4 members (excludes halogenated alkanes) is 7. The summed E-state index contributed by atoms with van der Waals surface area (Å²) in [5, 5.41) is 0.573. The van der Waals surface area contributed by atoms with Crippen molar-refractivity contribution >= 4 is 16.8 Å². The molecule has 0 bridgehead atoms. The Bertz CT molecular complexity index is 833. The minimum atomic E-state index is -0.264. The average Bonchev–Trinajstić information content (AvgIpc) is 2.75. The number of aromatic amines is 1. The molecule has 0 aliphatic rings. The maximum absolute atomic E-state index is 13.0. The van der Waals surface area contributed by atoms with Gasteiger partial charge in [0, 0.05) is 13.0 Å². The molecule has 6 heteroatoms. The van der Waals surface area contributed by atoms with Crippen LogP contribution in [0.15, 0.2) is 29.1 Å². The van der Waals surface area contributed by atoms with Crippen molar-refractivity contribution in [3.63, 3.8) is 0 Å². The highest BCUT2D eigenvalue weighted by atomic mass is 16.2. The third-order valence-electron chi connectivity index (χ3n) is 5.66. The van der Waals surface area contributed by atoms with E-state index in [-0.39, 0.29) is 17.5 Å². The van der Waals surface area contributed by atoms with E-state index >= 15 is 0 Å². The molecule has 0 radical (unpaired) electrons. The number of aromatic nitrogens is 2. The van der Waals surface area contributed by atoms with E-state index in [1.807, 2.05) is 30.0 Å². The lowest BCUT2D eigenvalue weighted by Crippen LogP contribution is -2.36. The fraction of sp³-hybridized carbons (Fsp3) is 0.625. The number of nitrogens with one attached hydrogen (secondary N) is 1. The average molecular weight is 415 g/mol. The normalized spacial score (nSPS) is 12.2. The predicted molar refractivity (Wildman–Crippen MR) is 123 cm³/mol. The summed E-state index contributed by atoms with van der Waals surface area (Å²) in [5.41, 5.74) is 6.10. The van der Waals surface area contributed by atoms with Gasteiger partial charge in [0.1, 0.15) is 5.82 Å². The molecule has 1 unspecified atom stereocenters. The second kappa shape index (κ2) is 13.2. The minimum absolute atomic E-state index is 0.147. The molecule has 0 aliphatic carbocycles. The monoisotopic (exact) mass is 414 g/mol. The van der Waals surface area contributed by atoms with E-state index in [2.05, 4.69) is 16.9 Å². The van der Waals surface area contributed by atoms with Crippen LogP contribution in [0, 0.1) is 0 Å². The fourth-order valence-corrected chi connectivity index (χ4v) is 3.79. The van der Waals surface area contributed by atoms with Gasteiger partial charge in [-0.2, -0.15) is 0 Å². The molecule has 1 heterocycles. The molecule has 0 saturated heterocycles. The van der Waals surface area contributed by atoms with Crippen LogP contribution in [0.25, 0.3) is 10.9 Å². The molecule has 0 saturated carbocycles. The standard InChI is InChI=1S/C24H38N4O2/c1-3-4-5-6-9-16-22(29)28(18-13-8-7-12-17-25)19(2)23-26-21-15-11-10-14-20(21)24(30)27-23/h10-11,14-15,19H,3-9,12-13,16-18,25H2,1-2H3,(H,26,27,30). The fourth-order valence-electron chi connectivity index (χ4n) is 3.79. The smallest absolute Gasteiger partial charge is 0.258 e. The Morgan fingerprint density at radius 2 is 1.77 bits per heavy atom. The summed E-state index contributed by atoms with van der Waals surface area (Å²) < 4.78 is 0. The van der Waals surface area contributed by atoms with Crippen LogP contribution in [-0.2, 0) is 4.79 Å². The van der Waals surface area contributed by atoms with Gasteiger partial charge in [0.25, 0.3) is 5.56 Å². The van der Waals surface area contributed by atoms with Gasteiger partial charge in [0.05, 0.1) is 16.9 Å². The number of nitrogens with two attached hydrogens (primary N) is 1. The molecular formula is C24H38N4O2. The zero-order valence-electron chi connectivity index (χ0n) is 18.7. The lowest BCUT2D eigenvalue weighted by molar-refractivity contribution is -0.133. The minimum Gasteiger partial charge on any atom is -0.333 e. The molecule has 2 aromatic rings. The zero-order valence-corrected chi connectivity index (χ0v) is 18.7. The van der Waals surface area contributed by atoms with Crippen molar-refractivity contribution < 1.29 is 4.79 Å². The molecule has 0 spiro atoms. The van der Waals surface area contributed by atoms with Crippen LogP contribution in [-0.4, -0.2) is 33.9 Å². The summed E-state index contributed by atoms with van der Waals surface area (Å²) in [5.74, 6) is 0.702. The number of H-pyrrole nitrogens is 1. The Hall–Kier alpha value is -2.21. The van der Waals surface area contributed by atoms with E-state index in [0.29, 0.717) is 36.2 Å². The third kappa shape index (κ3) is 7.24. The summed E-state index contributed by atoms with van der Waals surface area (Å²) in [4.78, 5) is 35.0. The third-order valence-corrected chi connectivity index (χ3v) is 5.66. The lowest BCUT2D eigenvalue weighted by Gasteiger charge is -2.29. The maximum atomic E-state index is 13.0. The van der Waals surface area contributed by atoms with Crippen LogP contribution < -0.4 is 11.3 Å². The Morgan fingerprint density at radius 1 is 1.07 bits per heavy atom. The van der Waals surface area contributed by atoms with Gasteiger partial charge < -0.3 is 15.6 Å². The van der Waals surface area contributed by atoms with Crippen molar-refractivity contribution in [3.8, 4) is 0 Å². The van der Waals surface area contributed by atoms with E-state index in [0.717, 1.165) is 38.5 Å². The molecule has 0 fully saturated rings. The van der Waals surface area contributed by atoms with Crippen molar-refractivity contribution in [1.82, 2.24) is 14.9 Å². The van der Waals surface area contributed by atoms with Crippen molar-refractivity contribution in [2.75, 3.05) is 13.1 Å². The van der Waals surface area contributed by atoms with E-state index in [1.54, 1.807) is 6.07 Å². The largest absolute Gasteiger partial charge is 0.333 e. The van der Waals surface area contributed by atoms with Crippen LogP contribution >= 0.6 is 0 Å². The summed E-state index contributed by atoms with van der Waals surface area (Å²) >= 11 is 0. The molecule has 2 rings (SSSR count). The second-order valence-electron chi connectivity index (χ2n) is 8.10. The molecule has 166 valence electrons. The predicted octanol–water partition coefficient (Wildman–Crippen LogP) is 4.69. The highest BCUT2D eigenvalue weighted by molar-refractivity contribution is 5.78. The van der Waals surface area contributed by atoms with Gasteiger partial charge in [-0.1, -0.05) is 57.6 Å². The summed E-state index contributed by atoms with van der Waals surface area (Å²) in [6.07, 6.45) is 10.2. The van der Waals surface area contributed by atoms with E-state index < -0.39 is 0 Å². The van der Waals surface area contributed by atoms with Crippen LogP contribution in [0.3, 0.4) is 0 Å². The molecule has 1 aromatic carbocycles. The van der Waals surface area contributed by atoms with Gasteiger partial charge in [-0.25, -0.2) is 4.98 Å². The molecule has 1 amide bonds. The number of nitrogens with zero attached hydrogens (tertiary/aromatic N) is 2. The molecule has 30 heavy (non-hydrogen) atoms. The highest BCUT2D eigenvalue weighted by Gasteiger charge is 2.23. The van der Waals surface area contributed by atoms with Crippen LogP contribution in [0.5, 0.6) is 0 Å². The van der Waals surface area contributed by atoms with Gasteiger partial charge in [-0.05, 0) is 44.9 Å². The highest BCUT2D eigenvalue weighted by Crippen LogP contribution is 2.21. The quantitative estimate of drug-likeness (QED) is 0.439. The van der Waals surface area contributed by atoms with Crippen molar-refractivity contribution in [1.29, 1.82) is 0 Å². The Labute approximate surface area is 180 Å². The number of benzene rings is 1. The van der Waals surface area contributed by atoms with E-state index in [1.165, 1.54) is 19.3 Å². The van der Waals surface area contributed by atoms with Crippen molar-refractivity contribution in [2.45, 2.75) is 84.1 Å². The summed E-state index contributed by atoms with van der Waals surface area (Å²) in [7, 11) is 0. The van der Waals surface area contributed by atoms with Gasteiger partial charge in [0.15, 0.2) is 0 Å². The maximum Gasteiger partial charge on any atom is 0.258 e. The van der Waals surface area contributed by atoms with E-state index in [4.69, 9.17) is 5.73 Å². The van der Waals surface area contributed by atoms with Gasteiger partial charge >= 0.3 is 0 Å². The molecule has 6 nitrogen and oxygen atoms in total. The molecular weight excluding hydrogens is 376 g/mol. The number of para-hydroxylation sites is 1. The second-order valence-corrected chi connectivity index (χ2v) is 8.10. The van der Waals surface area contributed by atoms with Gasteiger partial charge in [-0.15, -0.1) is 0 Å². The summed E-state index contributed by atoms with van der Waals surface area (Å²) in [6.45, 7) is 5.54. The Morgan fingerprint density at radius 3 is 2.53 bits per heavy atom. The number of rotatable bonds is 14. The number of hydrogen-bond donors (Lipinski definition) is 2. The lowest BCUT2D eigenvalue weighted by atomic mass is 10.1. The number of fused-ring (bicyclic) bond motifs is 1. The SMILES string of the molecule is CCCCCCCC(=O)N(CCCCCCN)C(C)c1nc2ccccc2c(=O)[nH]1. The number of hydrogen-bond acceptors (Lipinski definition) is 4. The first-order valence-corrected chi connectivity index (χ1v) is 11.6. The Balaban J connectivity index is 2.11. The first kappa shape index (κ1) is 24.1. The van der Waals surface area contributed by atoms with Crippen LogP contribution in [0.2, 0.25) is 0 Å². The van der Waals surface area contributed by atoms with Crippen molar-refractivity contribution in [2.24, 2.45) is 5.73 Å². The number of carbonyl (C=O) groups is 1. The molecule has 1 atom stereocenters. The summed E-state index contributed by atoms with van der Waals surface area (Å²) in [6, 6.07) is 7.05. The topological polar surface area (TPSA) is 92.1 Å². The number of amides is 1. The molecule has 1 aromatic heterocycles. The van der Waals surface area contributed by atoms with Gasteiger partial charge in [-0.3, -0.25) is 9.59 Å². The van der Waals surface area contributed by atoms with Crippen LogP contribution in [0.1, 0.15) is 89.9 Å². The first-order chi connectivity index (χ1) is 14.6. The van der Waals surface area contributed by atoms with Crippen LogP contribution in [0.4, 0.5) is 0 Å². The Kier molecular flexibility index (Phi) is 10.6. The molecule has 3 N–H and O–H groups in total.